The average Bonchev–Trinajstić information content (AvgIpc) is 2.95. The summed E-state index contributed by atoms with van der Waals surface area (Å²) in [5.41, 5.74) is 6.74. The first-order valence-electron chi connectivity index (χ1n) is 9.08. The van der Waals surface area contributed by atoms with E-state index in [1.165, 1.54) is 24.3 Å². The lowest BCUT2D eigenvalue weighted by molar-refractivity contribution is -0.123. The molecule has 2 N–H and O–H groups in total. The number of carbonyl (C=O) groups excluding carboxylic acids is 1. The lowest BCUT2D eigenvalue weighted by Gasteiger charge is -2.36. The molecule has 2 aromatic rings. The molecule has 1 heterocycles. The number of anilines is 1. The van der Waals surface area contributed by atoms with Gasteiger partial charge in [0, 0.05) is 5.92 Å². The van der Waals surface area contributed by atoms with E-state index in [9.17, 15) is 13.6 Å². The van der Waals surface area contributed by atoms with E-state index >= 15 is 0 Å². The zero-order valence-corrected chi connectivity index (χ0v) is 15.5. The molecule has 142 valence electrons. The van der Waals surface area contributed by atoms with Crippen LogP contribution in [0.3, 0.4) is 0 Å². The Bertz CT molecular complexity index is 849. The van der Waals surface area contributed by atoms with Crippen molar-refractivity contribution in [3.8, 4) is 0 Å². The predicted octanol–water partition coefficient (Wildman–Crippen LogP) is 4.24. The normalized spacial score (nSPS) is 22.0. The van der Waals surface area contributed by atoms with Crippen molar-refractivity contribution in [2.75, 3.05) is 5.01 Å². The van der Waals surface area contributed by atoms with Crippen LogP contribution in [0.4, 0.5) is 14.5 Å². The smallest absolute Gasteiger partial charge is 0.245 e. The molecule has 2 atom stereocenters. The number of nitrogens with zero attached hydrogens (tertiary/aromatic N) is 2. The summed E-state index contributed by atoms with van der Waals surface area (Å²) in [6.07, 6.45) is 2.56. The maximum atomic E-state index is 13.4. The first kappa shape index (κ1) is 19.0. The molecule has 1 aliphatic rings. The Hall–Kier alpha value is -2.76. The number of rotatable bonds is 6. The predicted molar refractivity (Wildman–Crippen MR) is 102 cm³/mol. The molecule has 0 saturated carbocycles. The van der Waals surface area contributed by atoms with Crippen LogP contribution in [0.2, 0.25) is 0 Å². The van der Waals surface area contributed by atoms with Gasteiger partial charge in [-0.05, 0) is 55.3 Å². The molecule has 2 unspecified atom stereocenters. The second-order valence-electron chi connectivity index (χ2n) is 6.99. The molecule has 27 heavy (non-hydrogen) atoms. The molecule has 0 radical (unpaired) electrons. The van der Waals surface area contributed by atoms with Crippen molar-refractivity contribution in [2.45, 2.75) is 38.6 Å². The molecule has 2 aromatic carbocycles. The van der Waals surface area contributed by atoms with Crippen LogP contribution in [0, 0.1) is 17.6 Å². The van der Waals surface area contributed by atoms with Gasteiger partial charge in [0.25, 0.3) is 0 Å². The zero-order valence-electron chi connectivity index (χ0n) is 15.5. The molecule has 0 aliphatic carbocycles. The molecule has 1 aliphatic heterocycles. The molecule has 0 fully saturated rings. The number of hydrazone groups is 1. The van der Waals surface area contributed by atoms with E-state index in [4.69, 9.17) is 10.8 Å². The Morgan fingerprint density at radius 3 is 2.19 bits per heavy atom. The fourth-order valence-electron chi connectivity index (χ4n) is 3.59. The van der Waals surface area contributed by atoms with Crippen molar-refractivity contribution < 1.29 is 13.6 Å². The summed E-state index contributed by atoms with van der Waals surface area (Å²) in [6, 6.07) is 11.8. The molecule has 3 rings (SSSR count). The Balaban J connectivity index is 2.13. The van der Waals surface area contributed by atoms with Crippen molar-refractivity contribution in [3.05, 3.63) is 65.7 Å². The average molecular weight is 371 g/mol. The van der Waals surface area contributed by atoms with Gasteiger partial charge in [-0.15, -0.1) is 0 Å². The second-order valence-corrected chi connectivity index (χ2v) is 6.99. The van der Waals surface area contributed by atoms with Gasteiger partial charge >= 0.3 is 0 Å². The lowest BCUT2D eigenvalue weighted by atomic mass is 9.77. The summed E-state index contributed by atoms with van der Waals surface area (Å²) in [5, 5.41) is 6.28. The number of benzene rings is 2. The molecule has 0 saturated heterocycles. The molecule has 6 heteroatoms. The molecule has 0 bridgehead atoms. The van der Waals surface area contributed by atoms with Gasteiger partial charge in [-0.25, -0.2) is 13.8 Å². The van der Waals surface area contributed by atoms with E-state index in [2.05, 4.69) is 6.92 Å². The van der Waals surface area contributed by atoms with Gasteiger partial charge < -0.3 is 5.73 Å². The summed E-state index contributed by atoms with van der Waals surface area (Å²) < 4.78 is 26.7. The van der Waals surface area contributed by atoms with Gasteiger partial charge in [0.2, 0.25) is 5.91 Å². The minimum Gasteiger partial charge on any atom is -0.368 e. The van der Waals surface area contributed by atoms with Crippen LogP contribution in [0.15, 0.2) is 53.6 Å². The Morgan fingerprint density at radius 2 is 1.67 bits per heavy atom. The molecule has 0 aromatic heterocycles. The van der Waals surface area contributed by atoms with Crippen LogP contribution in [-0.4, -0.2) is 17.2 Å². The molecular weight excluding hydrogens is 348 g/mol. The van der Waals surface area contributed by atoms with Gasteiger partial charge in [0.05, 0.1) is 11.4 Å². The fourth-order valence-corrected chi connectivity index (χ4v) is 3.59. The van der Waals surface area contributed by atoms with Crippen LogP contribution >= 0.6 is 0 Å². The highest BCUT2D eigenvalue weighted by Gasteiger charge is 2.52. The maximum Gasteiger partial charge on any atom is 0.245 e. The van der Waals surface area contributed by atoms with E-state index in [1.54, 1.807) is 36.2 Å². The fraction of sp³-hybridized carbons (Fsp3) is 0.333. The lowest BCUT2D eigenvalue weighted by Crippen LogP contribution is -2.56. The van der Waals surface area contributed by atoms with Gasteiger partial charge in [-0.2, -0.15) is 5.10 Å². The summed E-state index contributed by atoms with van der Waals surface area (Å²) in [4.78, 5) is 12.6. The van der Waals surface area contributed by atoms with Gasteiger partial charge in [0.15, 0.2) is 0 Å². The number of halogens is 2. The zero-order chi connectivity index (χ0) is 19.6. The van der Waals surface area contributed by atoms with Crippen LogP contribution in [0.25, 0.3) is 0 Å². The summed E-state index contributed by atoms with van der Waals surface area (Å²) in [5.74, 6) is -1.47. The number of hydrogen-bond acceptors (Lipinski definition) is 3. The molecule has 1 amide bonds. The first-order valence-corrected chi connectivity index (χ1v) is 9.08. The highest BCUT2D eigenvalue weighted by molar-refractivity contribution is 6.10. The van der Waals surface area contributed by atoms with Gasteiger partial charge in [-0.3, -0.25) is 4.79 Å². The van der Waals surface area contributed by atoms with E-state index < -0.39 is 11.4 Å². The van der Waals surface area contributed by atoms with Crippen molar-refractivity contribution in [1.82, 2.24) is 0 Å². The van der Waals surface area contributed by atoms with E-state index in [0.717, 1.165) is 18.4 Å². The standard InChI is InChI=1S/C21H23F2N3O/c1-3-4-5-18-19(14-6-8-15(22)9-7-14)25-26(21(18,2)20(24)27)17-12-10-16(23)11-13-17/h6-13,18H,3-5H2,1-2H3,(H2,24,27). The SMILES string of the molecule is CCCCC1C(c2ccc(F)cc2)=NN(c2ccc(F)cc2)C1(C)C(N)=O. The van der Waals surface area contributed by atoms with Crippen molar-refractivity contribution in [1.29, 1.82) is 0 Å². The van der Waals surface area contributed by atoms with E-state index in [-0.39, 0.29) is 17.6 Å². The second kappa shape index (κ2) is 7.47. The van der Waals surface area contributed by atoms with E-state index in [1.807, 2.05) is 0 Å². The topological polar surface area (TPSA) is 58.7 Å². The number of unbranched alkanes of at least 4 members (excludes halogenated alkanes) is 1. The third-order valence-corrected chi connectivity index (χ3v) is 5.21. The Kier molecular flexibility index (Phi) is 5.26. The first-order chi connectivity index (χ1) is 12.9. The quantitative estimate of drug-likeness (QED) is 0.826. The van der Waals surface area contributed by atoms with Crippen molar-refractivity contribution in [3.63, 3.8) is 0 Å². The minimum absolute atomic E-state index is 0.259. The maximum absolute atomic E-state index is 13.4. The number of amides is 1. The van der Waals surface area contributed by atoms with Crippen LogP contribution in [0.5, 0.6) is 0 Å². The largest absolute Gasteiger partial charge is 0.368 e. The Labute approximate surface area is 157 Å². The van der Waals surface area contributed by atoms with Gasteiger partial charge in [-0.1, -0.05) is 31.9 Å². The highest BCUT2D eigenvalue weighted by Crippen LogP contribution is 2.41. The third-order valence-electron chi connectivity index (χ3n) is 5.21. The number of hydrogen-bond donors (Lipinski definition) is 1. The number of carbonyl (C=O) groups is 1. The third kappa shape index (κ3) is 3.44. The van der Waals surface area contributed by atoms with Crippen LogP contribution in [-0.2, 0) is 4.79 Å². The van der Waals surface area contributed by atoms with E-state index in [0.29, 0.717) is 17.8 Å². The Morgan fingerprint density at radius 1 is 1.11 bits per heavy atom. The summed E-state index contributed by atoms with van der Waals surface area (Å²) in [7, 11) is 0. The molecule has 0 spiro atoms. The minimum atomic E-state index is -1.10. The summed E-state index contributed by atoms with van der Waals surface area (Å²) >= 11 is 0. The molecule has 4 nitrogen and oxygen atoms in total. The number of primary amides is 1. The highest BCUT2D eigenvalue weighted by atomic mass is 19.1. The summed E-state index contributed by atoms with van der Waals surface area (Å²) in [6.45, 7) is 3.84. The van der Waals surface area contributed by atoms with Crippen LogP contribution < -0.4 is 10.7 Å². The van der Waals surface area contributed by atoms with Crippen molar-refractivity contribution in [2.24, 2.45) is 16.8 Å². The van der Waals surface area contributed by atoms with Crippen molar-refractivity contribution >= 4 is 17.3 Å². The number of nitrogens with two attached hydrogens (primary N) is 1. The monoisotopic (exact) mass is 371 g/mol. The molecular formula is C21H23F2N3O. The van der Waals surface area contributed by atoms with Gasteiger partial charge in [0.1, 0.15) is 17.2 Å². The van der Waals surface area contributed by atoms with Crippen LogP contribution in [0.1, 0.15) is 38.7 Å².